The first kappa shape index (κ1) is 11.0. The summed E-state index contributed by atoms with van der Waals surface area (Å²) in [5.41, 5.74) is 1.66. The number of rotatable bonds is 2. The number of alkyl halides is 3. The average Bonchev–Trinajstić information content (AvgIpc) is 3.09. The molecule has 0 aromatic heterocycles. The molecule has 0 bridgehead atoms. The molecule has 1 heterocycles. The van der Waals surface area contributed by atoms with Crippen molar-refractivity contribution in [2.45, 2.75) is 6.36 Å². The maximum Gasteiger partial charge on any atom is 0.573 e. The first-order valence-electron chi connectivity index (χ1n) is 5.20. The summed E-state index contributed by atoms with van der Waals surface area (Å²) in [6.45, 7) is 0. The zero-order valence-corrected chi connectivity index (χ0v) is 8.99. The Morgan fingerprint density at radius 3 is 2.28 bits per heavy atom. The van der Waals surface area contributed by atoms with Crippen LogP contribution in [0.1, 0.15) is 0 Å². The molecule has 0 unspecified atom stereocenters. The summed E-state index contributed by atoms with van der Waals surface area (Å²) >= 11 is 0. The molecule has 18 heavy (non-hydrogen) atoms. The fourth-order valence-corrected chi connectivity index (χ4v) is 1.78. The summed E-state index contributed by atoms with van der Waals surface area (Å²) < 4.78 is 45.2. The van der Waals surface area contributed by atoms with Gasteiger partial charge in [-0.1, -0.05) is 30.3 Å². The van der Waals surface area contributed by atoms with Gasteiger partial charge in [0.15, 0.2) is 11.5 Å². The molecule has 3 rings (SSSR count). The van der Waals surface area contributed by atoms with Crippen LogP contribution in [-0.2, 0) is 0 Å². The van der Waals surface area contributed by atoms with Crippen molar-refractivity contribution in [3.8, 4) is 28.4 Å². The SMILES string of the molecule is FC(F)(F)Oc1ccc(-c2ccccc2)c2c1O2. The van der Waals surface area contributed by atoms with Gasteiger partial charge >= 0.3 is 6.36 Å². The quantitative estimate of drug-likeness (QED) is 0.632. The van der Waals surface area contributed by atoms with Crippen molar-refractivity contribution < 1.29 is 22.6 Å². The van der Waals surface area contributed by atoms with Gasteiger partial charge in [-0.15, -0.1) is 13.2 Å². The standard InChI is InChI=1S/C13H7F3O2/c14-13(15,16)18-10-7-6-9(11-12(10)17-11)8-4-2-1-3-5-8/h1-7H. The molecule has 0 N–H and O–H groups in total. The van der Waals surface area contributed by atoms with Crippen molar-refractivity contribution in [2.75, 3.05) is 0 Å². The molecule has 5 heteroatoms. The van der Waals surface area contributed by atoms with E-state index in [1.54, 1.807) is 6.07 Å². The van der Waals surface area contributed by atoms with Crippen molar-refractivity contribution in [1.29, 1.82) is 0 Å². The molecule has 92 valence electrons. The number of halogens is 3. The minimum Gasteiger partial charge on any atom is -0.445 e. The van der Waals surface area contributed by atoms with Crippen LogP contribution in [0.25, 0.3) is 11.1 Å². The topological polar surface area (TPSA) is 21.8 Å². The molecule has 1 aliphatic rings. The summed E-state index contributed by atoms with van der Waals surface area (Å²) in [5, 5.41) is 0. The first-order chi connectivity index (χ1) is 8.54. The normalized spacial score (nSPS) is 12.6. The Morgan fingerprint density at radius 2 is 1.61 bits per heavy atom. The van der Waals surface area contributed by atoms with E-state index in [0.717, 1.165) is 11.1 Å². The van der Waals surface area contributed by atoms with Crippen LogP contribution in [0.5, 0.6) is 17.2 Å². The Kier molecular flexibility index (Phi) is 2.23. The van der Waals surface area contributed by atoms with Crippen molar-refractivity contribution in [1.82, 2.24) is 0 Å². The zero-order valence-electron chi connectivity index (χ0n) is 8.99. The van der Waals surface area contributed by atoms with Crippen molar-refractivity contribution in [2.24, 2.45) is 0 Å². The number of hydrogen-bond acceptors (Lipinski definition) is 2. The van der Waals surface area contributed by atoms with Gasteiger partial charge in [0.1, 0.15) is 0 Å². The Morgan fingerprint density at radius 1 is 0.889 bits per heavy atom. The molecule has 0 fully saturated rings. The summed E-state index contributed by atoms with van der Waals surface area (Å²) in [6.07, 6.45) is -4.70. The number of ether oxygens (including phenoxy) is 2. The average molecular weight is 252 g/mol. The van der Waals surface area contributed by atoms with E-state index in [1.807, 2.05) is 30.3 Å². The summed E-state index contributed by atoms with van der Waals surface area (Å²) in [6, 6.07) is 12.1. The molecular weight excluding hydrogens is 245 g/mol. The molecular formula is C13H7F3O2. The molecule has 2 aromatic carbocycles. The monoisotopic (exact) mass is 252 g/mol. The van der Waals surface area contributed by atoms with Crippen LogP contribution in [0, 0.1) is 0 Å². The lowest BCUT2D eigenvalue weighted by atomic mass is 10.1. The van der Waals surface area contributed by atoms with Crippen LogP contribution >= 0.6 is 0 Å². The third kappa shape index (κ3) is 1.99. The van der Waals surface area contributed by atoms with E-state index in [4.69, 9.17) is 4.74 Å². The Bertz CT molecular complexity index is 591. The van der Waals surface area contributed by atoms with Gasteiger partial charge in [-0.2, -0.15) is 0 Å². The molecule has 0 radical (unpaired) electrons. The van der Waals surface area contributed by atoms with Crippen LogP contribution < -0.4 is 9.47 Å². The molecule has 0 aliphatic carbocycles. The van der Waals surface area contributed by atoms with E-state index >= 15 is 0 Å². The second kappa shape index (κ2) is 3.66. The van der Waals surface area contributed by atoms with Crippen LogP contribution in [0.15, 0.2) is 42.5 Å². The van der Waals surface area contributed by atoms with Gasteiger partial charge in [-0.3, -0.25) is 0 Å². The van der Waals surface area contributed by atoms with E-state index < -0.39 is 6.36 Å². The van der Waals surface area contributed by atoms with Gasteiger partial charge < -0.3 is 9.47 Å². The lowest BCUT2D eigenvalue weighted by molar-refractivity contribution is -0.274. The Hall–Kier alpha value is -2.17. The van der Waals surface area contributed by atoms with Crippen LogP contribution in [0.4, 0.5) is 13.2 Å². The highest BCUT2D eigenvalue weighted by Crippen LogP contribution is 2.58. The molecule has 0 saturated carbocycles. The van der Waals surface area contributed by atoms with E-state index in [0.29, 0.717) is 5.75 Å². The first-order valence-corrected chi connectivity index (χ1v) is 5.20. The van der Waals surface area contributed by atoms with Gasteiger partial charge in [-0.25, -0.2) is 0 Å². The van der Waals surface area contributed by atoms with Crippen LogP contribution in [0.3, 0.4) is 0 Å². The molecule has 2 nitrogen and oxygen atoms in total. The molecule has 0 spiro atoms. The molecule has 0 amide bonds. The highest BCUT2D eigenvalue weighted by molar-refractivity contribution is 5.82. The minimum atomic E-state index is -4.70. The third-order valence-corrected chi connectivity index (χ3v) is 2.55. The second-order valence-electron chi connectivity index (χ2n) is 3.79. The fraction of sp³-hybridized carbons (Fsp3) is 0.0769. The van der Waals surface area contributed by atoms with Crippen molar-refractivity contribution in [3.05, 3.63) is 42.5 Å². The Balaban J connectivity index is 1.95. The second-order valence-corrected chi connectivity index (χ2v) is 3.79. The third-order valence-electron chi connectivity index (χ3n) is 2.55. The van der Waals surface area contributed by atoms with Gasteiger partial charge in [0, 0.05) is 5.56 Å². The predicted molar refractivity (Wildman–Crippen MR) is 58.6 cm³/mol. The van der Waals surface area contributed by atoms with E-state index in [9.17, 15) is 13.2 Å². The van der Waals surface area contributed by atoms with Gasteiger partial charge in [-0.05, 0) is 17.7 Å². The smallest absolute Gasteiger partial charge is 0.445 e. The molecule has 2 aromatic rings. The fourth-order valence-electron chi connectivity index (χ4n) is 1.78. The van der Waals surface area contributed by atoms with Gasteiger partial charge in [0.2, 0.25) is 5.75 Å². The highest BCUT2D eigenvalue weighted by atomic mass is 19.4. The number of fused-ring (bicyclic) bond motifs is 1. The van der Waals surface area contributed by atoms with E-state index in [-0.39, 0.29) is 11.5 Å². The largest absolute Gasteiger partial charge is 0.573 e. The van der Waals surface area contributed by atoms with Crippen LogP contribution in [-0.4, -0.2) is 6.36 Å². The van der Waals surface area contributed by atoms with Crippen molar-refractivity contribution >= 4 is 0 Å². The molecule has 1 aliphatic heterocycles. The van der Waals surface area contributed by atoms with Crippen LogP contribution in [0.2, 0.25) is 0 Å². The minimum absolute atomic E-state index is 0.161. The lowest BCUT2D eigenvalue weighted by Crippen LogP contribution is -2.16. The maximum absolute atomic E-state index is 12.1. The Labute approximate surface area is 101 Å². The van der Waals surface area contributed by atoms with Crippen molar-refractivity contribution in [3.63, 3.8) is 0 Å². The van der Waals surface area contributed by atoms with E-state index in [1.165, 1.54) is 6.07 Å². The summed E-state index contributed by atoms with van der Waals surface area (Å²) in [5.74, 6) is 0.314. The highest BCUT2D eigenvalue weighted by Gasteiger charge is 2.38. The van der Waals surface area contributed by atoms with Gasteiger partial charge in [0.05, 0.1) is 0 Å². The summed E-state index contributed by atoms with van der Waals surface area (Å²) in [7, 11) is 0. The zero-order chi connectivity index (χ0) is 12.8. The molecule has 0 saturated heterocycles. The number of benzene rings is 2. The summed E-state index contributed by atoms with van der Waals surface area (Å²) in [4.78, 5) is 0. The molecule has 0 atom stereocenters. The van der Waals surface area contributed by atoms with E-state index in [2.05, 4.69) is 4.74 Å². The van der Waals surface area contributed by atoms with Gasteiger partial charge in [0.25, 0.3) is 0 Å². The predicted octanol–water partition coefficient (Wildman–Crippen LogP) is 4.36. The number of hydrogen-bond donors (Lipinski definition) is 0. The lowest BCUT2D eigenvalue weighted by Gasteiger charge is -2.06. The maximum atomic E-state index is 12.1.